The second-order valence-electron chi connectivity index (χ2n) is 4.23. The predicted molar refractivity (Wildman–Crippen MR) is 89.1 cm³/mol. The standard InChI is InChI=1S/C15H14BrClN2O2/c1-2-21-13-5-3-4-11(18)14(13)15(20)19-12-8-9(17)6-7-10(12)16/h3-8H,2,18H2,1H3,(H,19,20). The molecule has 3 N–H and O–H groups in total. The fourth-order valence-corrected chi connectivity index (χ4v) is 2.36. The number of anilines is 2. The maximum atomic E-state index is 12.5. The molecule has 0 saturated carbocycles. The van der Waals surface area contributed by atoms with Crippen LogP contribution < -0.4 is 15.8 Å². The molecular formula is C15H14BrClN2O2. The summed E-state index contributed by atoms with van der Waals surface area (Å²) in [5, 5.41) is 3.30. The molecule has 0 fully saturated rings. The van der Waals surface area contributed by atoms with E-state index in [0.29, 0.717) is 34.3 Å². The van der Waals surface area contributed by atoms with E-state index in [0.717, 1.165) is 4.47 Å². The van der Waals surface area contributed by atoms with Crippen LogP contribution in [0, 0.1) is 0 Å². The van der Waals surface area contributed by atoms with Crippen LogP contribution in [-0.4, -0.2) is 12.5 Å². The topological polar surface area (TPSA) is 64.3 Å². The van der Waals surface area contributed by atoms with Gasteiger partial charge in [0.15, 0.2) is 0 Å². The van der Waals surface area contributed by atoms with Crippen molar-refractivity contribution in [1.82, 2.24) is 0 Å². The first-order valence-electron chi connectivity index (χ1n) is 6.30. The average molecular weight is 370 g/mol. The smallest absolute Gasteiger partial charge is 0.261 e. The van der Waals surface area contributed by atoms with E-state index in [2.05, 4.69) is 21.2 Å². The molecule has 0 aliphatic rings. The van der Waals surface area contributed by atoms with E-state index >= 15 is 0 Å². The summed E-state index contributed by atoms with van der Waals surface area (Å²) < 4.78 is 6.18. The number of amides is 1. The summed E-state index contributed by atoms with van der Waals surface area (Å²) in [6, 6.07) is 10.3. The Morgan fingerprint density at radius 3 is 2.86 bits per heavy atom. The van der Waals surface area contributed by atoms with Crippen molar-refractivity contribution in [3.63, 3.8) is 0 Å². The van der Waals surface area contributed by atoms with Crippen molar-refractivity contribution in [2.24, 2.45) is 0 Å². The number of carbonyl (C=O) groups is 1. The molecule has 2 rings (SSSR count). The summed E-state index contributed by atoms with van der Waals surface area (Å²) in [6.45, 7) is 2.29. The number of halogens is 2. The molecule has 21 heavy (non-hydrogen) atoms. The molecule has 0 unspecified atom stereocenters. The summed E-state index contributed by atoms with van der Waals surface area (Å²) in [6.07, 6.45) is 0. The van der Waals surface area contributed by atoms with Crippen LogP contribution in [-0.2, 0) is 0 Å². The summed E-state index contributed by atoms with van der Waals surface area (Å²) in [7, 11) is 0. The van der Waals surface area contributed by atoms with Gasteiger partial charge < -0.3 is 15.8 Å². The maximum Gasteiger partial charge on any atom is 0.261 e. The minimum atomic E-state index is -0.348. The largest absolute Gasteiger partial charge is 0.493 e. The van der Waals surface area contributed by atoms with E-state index in [1.807, 2.05) is 6.92 Å². The highest BCUT2D eigenvalue weighted by Gasteiger charge is 2.17. The minimum absolute atomic E-state index is 0.311. The van der Waals surface area contributed by atoms with Crippen LogP contribution >= 0.6 is 27.5 Å². The minimum Gasteiger partial charge on any atom is -0.493 e. The number of nitrogen functional groups attached to an aromatic ring is 1. The van der Waals surface area contributed by atoms with Crippen molar-refractivity contribution < 1.29 is 9.53 Å². The Balaban J connectivity index is 2.34. The molecule has 4 nitrogen and oxygen atoms in total. The van der Waals surface area contributed by atoms with Gasteiger partial charge in [-0.15, -0.1) is 0 Å². The third kappa shape index (κ3) is 3.68. The summed E-state index contributed by atoms with van der Waals surface area (Å²) in [5.74, 6) is 0.104. The molecule has 110 valence electrons. The average Bonchev–Trinajstić information content (AvgIpc) is 2.43. The molecule has 1 amide bonds. The molecule has 0 aromatic heterocycles. The number of benzene rings is 2. The Morgan fingerprint density at radius 1 is 1.38 bits per heavy atom. The highest BCUT2D eigenvalue weighted by atomic mass is 79.9. The quantitative estimate of drug-likeness (QED) is 0.788. The van der Waals surface area contributed by atoms with Crippen molar-refractivity contribution in [1.29, 1.82) is 0 Å². The van der Waals surface area contributed by atoms with Crippen molar-refractivity contribution in [2.75, 3.05) is 17.7 Å². The highest BCUT2D eigenvalue weighted by Crippen LogP contribution is 2.29. The lowest BCUT2D eigenvalue weighted by Crippen LogP contribution is -2.16. The second-order valence-corrected chi connectivity index (χ2v) is 5.52. The molecule has 0 aliphatic carbocycles. The zero-order valence-corrected chi connectivity index (χ0v) is 13.7. The third-order valence-corrected chi connectivity index (χ3v) is 3.69. The van der Waals surface area contributed by atoms with Gasteiger partial charge in [0.25, 0.3) is 5.91 Å². The van der Waals surface area contributed by atoms with E-state index in [9.17, 15) is 4.79 Å². The van der Waals surface area contributed by atoms with Crippen molar-refractivity contribution in [3.8, 4) is 5.75 Å². The Hall–Kier alpha value is -1.72. The lowest BCUT2D eigenvalue weighted by Gasteiger charge is -2.13. The van der Waals surface area contributed by atoms with Gasteiger partial charge in [-0.3, -0.25) is 4.79 Å². The Kier molecular flexibility index (Phi) is 5.09. The van der Waals surface area contributed by atoms with Crippen LogP contribution in [0.1, 0.15) is 17.3 Å². The molecule has 6 heteroatoms. The Morgan fingerprint density at radius 2 is 2.14 bits per heavy atom. The Labute approximate surface area is 136 Å². The van der Waals surface area contributed by atoms with E-state index < -0.39 is 0 Å². The fourth-order valence-electron chi connectivity index (χ4n) is 1.84. The van der Waals surface area contributed by atoms with Gasteiger partial charge in [-0.1, -0.05) is 17.7 Å². The van der Waals surface area contributed by atoms with Gasteiger partial charge in [0.2, 0.25) is 0 Å². The molecule has 0 atom stereocenters. The highest BCUT2D eigenvalue weighted by molar-refractivity contribution is 9.10. The van der Waals surface area contributed by atoms with E-state index in [-0.39, 0.29) is 5.91 Å². The van der Waals surface area contributed by atoms with Crippen LogP contribution in [0.15, 0.2) is 40.9 Å². The maximum absolute atomic E-state index is 12.5. The Bertz CT molecular complexity index is 677. The van der Waals surface area contributed by atoms with Gasteiger partial charge in [0.05, 0.1) is 12.3 Å². The van der Waals surface area contributed by atoms with Crippen molar-refractivity contribution in [3.05, 3.63) is 51.5 Å². The molecule has 0 bridgehead atoms. The predicted octanol–water partition coefficient (Wildman–Crippen LogP) is 4.34. The molecule has 2 aromatic rings. The second kappa shape index (κ2) is 6.83. The number of rotatable bonds is 4. The molecule has 0 radical (unpaired) electrons. The fraction of sp³-hybridized carbons (Fsp3) is 0.133. The monoisotopic (exact) mass is 368 g/mol. The van der Waals surface area contributed by atoms with Crippen LogP contribution in [0.3, 0.4) is 0 Å². The molecule has 0 heterocycles. The zero-order chi connectivity index (χ0) is 15.4. The molecular weight excluding hydrogens is 356 g/mol. The van der Waals surface area contributed by atoms with Crippen LogP contribution in [0.4, 0.5) is 11.4 Å². The number of nitrogens with one attached hydrogen (secondary N) is 1. The number of hydrogen-bond donors (Lipinski definition) is 2. The number of carbonyl (C=O) groups excluding carboxylic acids is 1. The number of nitrogens with two attached hydrogens (primary N) is 1. The van der Waals surface area contributed by atoms with Crippen LogP contribution in [0.5, 0.6) is 5.75 Å². The molecule has 2 aromatic carbocycles. The van der Waals surface area contributed by atoms with Gasteiger partial charge in [-0.05, 0) is 53.2 Å². The van der Waals surface area contributed by atoms with Gasteiger partial charge in [0, 0.05) is 15.2 Å². The van der Waals surface area contributed by atoms with Gasteiger partial charge >= 0.3 is 0 Å². The lowest BCUT2D eigenvalue weighted by atomic mass is 10.1. The van der Waals surface area contributed by atoms with Crippen molar-refractivity contribution in [2.45, 2.75) is 6.92 Å². The van der Waals surface area contributed by atoms with E-state index in [4.69, 9.17) is 22.1 Å². The summed E-state index contributed by atoms with van der Waals surface area (Å²) in [5.41, 5.74) is 7.13. The SMILES string of the molecule is CCOc1cccc(N)c1C(=O)Nc1cc(Cl)ccc1Br. The molecule has 0 saturated heterocycles. The van der Waals surface area contributed by atoms with E-state index in [1.54, 1.807) is 36.4 Å². The van der Waals surface area contributed by atoms with E-state index in [1.165, 1.54) is 0 Å². The first-order chi connectivity index (χ1) is 10.0. The normalized spacial score (nSPS) is 10.2. The van der Waals surface area contributed by atoms with Gasteiger partial charge in [-0.2, -0.15) is 0 Å². The third-order valence-electron chi connectivity index (χ3n) is 2.76. The van der Waals surface area contributed by atoms with Crippen LogP contribution in [0.2, 0.25) is 5.02 Å². The number of ether oxygens (including phenoxy) is 1. The first kappa shape index (κ1) is 15.7. The number of hydrogen-bond acceptors (Lipinski definition) is 3. The van der Waals surface area contributed by atoms with Crippen molar-refractivity contribution >= 4 is 44.8 Å². The summed E-state index contributed by atoms with van der Waals surface area (Å²) >= 11 is 9.30. The van der Waals surface area contributed by atoms with Gasteiger partial charge in [-0.25, -0.2) is 0 Å². The molecule has 0 aliphatic heterocycles. The zero-order valence-electron chi connectivity index (χ0n) is 11.3. The molecule has 0 spiro atoms. The lowest BCUT2D eigenvalue weighted by molar-refractivity contribution is 0.102. The van der Waals surface area contributed by atoms with Crippen LogP contribution in [0.25, 0.3) is 0 Å². The van der Waals surface area contributed by atoms with Gasteiger partial charge in [0.1, 0.15) is 11.3 Å². The summed E-state index contributed by atoms with van der Waals surface area (Å²) in [4.78, 5) is 12.5. The first-order valence-corrected chi connectivity index (χ1v) is 7.47.